The van der Waals surface area contributed by atoms with E-state index in [1.807, 2.05) is 6.92 Å². The quantitative estimate of drug-likeness (QED) is 0.617. The number of hydrogen-bond acceptors (Lipinski definition) is 4. The molecule has 1 fully saturated rings. The molecule has 4 nitrogen and oxygen atoms in total. The van der Waals surface area contributed by atoms with Crippen molar-refractivity contribution in [3.8, 4) is 0 Å². The van der Waals surface area contributed by atoms with Crippen LogP contribution in [0.2, 0.25) is 0 Å². The van der Waals surface area contributed by atoms with Gasteiger partial charge in [-0.2, -0.15) is 0 Å². The summed E-state index contributed by atoms with van der Waals surface area (Å²) in [5.41, 5.74) is 0. The Hall–Kier alpha value is -0.610. The van der Waals surface area contributed by atoms with Crippen LogP contribution >= 0.6 is 0 Å². The maximum atomic E-state index is 12.0. The van der Waals surface area contributed by atoms with E-state index >= 15 is 0 Å². The highest BCUT2D eigenvalue weighted by Gasteiger charge is 2.25. The number of carbonyl (C=O) groups excluding carboxylic acids is 1. The summed E-state index contributed by atoms with van der Waals surface area (Å²) in [6, 6.07) is -0.181. The van der Waals surface area contributed by atoms with Gasteiger partial charge in [-0.1, -0.05) is 20.3 Å². The van der Waals surface area contributed by atoms with Crippen molar-refractivity contribution >= 4 is 5.97 Å². The third-order valence-corrected chi connectivity index (χ3v) is 3.84. The van der Waals surface area contributed by atoms with Crippen LogP contribution in [-0.4, -0.2) is 49.7 Å². The maximum absolute atomic E-state index is 12.0. The van der Waals surface area contributed by atoms with Crippen molar-refractivity contribution in [2.24, 2.45) is 5.92 Å². The summed E-state index contributed by atoms with van der Waals surface area (Å²) in [5, 5.41) is 3.31. The predicted octanol–water partition coefficient (Wildman–Crippen LogP) is 2.04. The highest BCUT2D eigenvalue weighted by atomic mass is 16.5. The van der Waals surface area contributed by atoms with Crippen molar-refractivity contribution in [3.63, 3.8) is 0 Å². The number of likely N-dealkylation sites (N-methyl/N-ethyl adjacent to an activating group) is 1. The molecule has 112 valence electrons. The van der Waals surface area contributed by atoms with E-state index in [9.17, 15) is 4.79 Å². The Morgan fingerprint density at radius 2 is 2.11 bits per heavy atom. The fourth-order valence-corrected chi connectivity index (χ4v) is 2.42. The molecule has 0 bridgehead atoms. The van der Waals surface area contributed by atoms with E-state index in [1.165, 1.54) is 19.3 Å². The molecule has 1 aliphatic rings. The Kier molecular flexibility index (Phi) is 8.07. The van der Waals surface area contributed by atoms with Gasteiger partial charge in [0.1, 0.15) is 6.04 Å². The zero-order chi connectivity index (χ0) is 14.1. The molecule has 1 atom stereocenters. The molecule has 0 spiro atoms. The summed E-state index contributed by atoms with van der Waals surface area (Å²) >= 11 is 0. The van der Waals surface area contributed by atoms with Crippen LogP contribution in [0.15, 0.2) is 0 Å². The zero-order valence-corrected chi connectivity index (χ0v) is 12.8. The lowest BCUT2D eigenvalue weighted by Crippen LogP contribution is -2.48. The van der Waals surface area contributed by atoms with E-state index in [1.54, 1.807) is 0 Å². The number of carbonyl (C=O) groups is 1. The van der Waals surface area contributed by atoms with Crippen LogP contribution in [0.5, 0.6) is 0 Å². The fraction of sp³-hybridized carbons (Fsp3) is 0.933. The van der Waals surface area contributed by atoms with Crippen LogP contribution in [0.1, 0.15) is 46.5 Å². The van der Waals surface area contributed by atoms with Crippen molar-refractivity contribution in [2.45, 2.75) is 52.5 Å². The second-order valence-electron chi connectivity index (χ2n) is 5.41. The highest BCUT2D eigenvalue weighted by Crippen LogP contribution is 2.27. The molecule has 0 aromatic carbocycles. The van der Waals surface area contributed by atoms with Crippen molar-refractivity contribution in [1.29, 1.82) is 0 Å². The molecule has 0 aliphatic heterocycles. The lowest BCUT2D eigenvalue weighted by molar-refractivity contribution is -0.146. The van der Waals surface area contributed by atoms with Crippen LogP contribution in [0.4, 0.5) is 0 Å². The Morgan fingerprint density at radius 3 is 2.58 bits per heavy atom. The second-order valence-corrected chi connectivity index (χ2v) is 5.41. The van der Waals surface area contributed by atoms with Crippen molar-refractivity contribution in [2.75, 3.05) is 32.8 Å². The van der Waals surface area contributed by atoms with Crippen LogP contribution < -0.4 is 5.32 Å². The Labute approximate surface area is 117 Å². The largest absolute Gasteiger partial charge is 0.465 e. The standard InChI is InChI=1S/C15H30N2O2/c1-4-10-16-14(15(18)19-6-3)12-17(5-2)11-13-8-7-9-13/h13-14,16H,4-12H2,1-3H3. The van der Waals surface area contributed by atoms with E-state index in [0.717, 1.165) is 38.5 Å². The SMILES string of the molecule is CCCNC(CN(CC)CC1CCC1)C(=O)OCC. The molecule has 0 aromatic rings. The molecule has 0 aromatic heterocycles. The molecule has 1 unspecified atom stereocenters. The third-order valence-electron chi connectivity index (χ3n) is 3.84. The van der Waals surface area contributed by atoms with Gasteiger partial charge >= 0.3 is 5.97 Å². The van der Waals surface area contributed by atoms with Gasteiger partial charge in [-0.15, -0.1) is 0 Å². The lowest BCUT2D eigenvalue weighted by atomic mass is 9.85. The third kappa shape index (κ3) is 5.91. The molecule has 0 heterocycles. The van der Waals surface area contributed by atoms with Gasteiger partial charge in [-0.3, -0.25) is 4.79 Å². The van der Waals surface area contributed by atoms with Gasteiger partial charge in [0.15, 0.2) is 0 Å². The van der Waals surface area contributed by atoms with Crippen LogP contribution in [0.3, 0.4) is 0 Å². The zero-order valence-electron chi connectivity index (χ0n) is 12.8. The van der Waals surface area contributed by atoms with Gasteiger partial charge < -0.3 is 15.0 Å². The molecular weight excluding hydrogens is 240 g/mol. The number of hydrogen-bond donors (Lipinski definition) is 1. The van der Waals surface area contributed by atoms with Gasteiger partial charge in [0.25, 0.3) is 0 Å². The molecule has 1 N–H and O–H groups in total. The predicted molar refractivity (Wildman–Crippen MR) is 78.2 cm³/mol. The van der Waals surface area contributed by atoms with Gasteiger partial charge in [0.05, 0.1) is 6.61 Å². The minimum atomic E-state index is -0.181. The van der Waals surface area contributed by atoms with E-state index in [0.29, 0.717) is 6.61 Å². The maximum Gasteiger partial charge on any atom is 0.324 e. The van der Waals surface area contributed by atoms with E-state index in [-0.39, 0.29) is 12.0 Å². The summed E-state index contributed by atoms with van der Waals surface area (Å²) in [6.45, 7) is 10.4. The monoisotopic (exact) mass is 270 g/mol. The number of rotatable bonds is 10. The van der Waals surface area contributed by atoms with Crippen molar-refractivity contribution in [3.05, 3.63) is 0 Å². The first kappa shape index (κ1) is 16.4. The molecule has 4 heteroatoms. The number of nitrogens with one attached hydrogen (secondary N) is 1. The summed E-state index contributed by atoms with van der Waals surface area (Å²) in [5.74, 6) is 0.733. The van der Waals surface area contributed by atoms with Crippen molar-refractivity contribution < 1.29 is 9.53 Å². The Morgan fingerprint density at radius 1 is 1.37 bits per heavy atom. The molecular formula is C15H30N2O2. The first-order valence-electron chi connectivity index (χ1n) is 7.83. The molecule has 0 radical (unpaired) electrons. The number of ether oxygens (including phenoxy) is 1. The molecule has 1 aliphatic carbocycles. The van der Waals surface area contributed by atoms with Crippen LogP contribution in [-0.2, 0) is 9.53 Å². The molecule has 1 saturated carbocycles. The van der Waals surface area contributed by atoms with Gasteiger partial charge in [-0.05, 0) is 45.2 Å². The Balaban J connectivity index is 2.44. The van der Waals surface area contributed by atoms with Crippen LogP contribution in [0.25, 0.3) is 0 Å². The number of esters is 1. The van der Waals surface area contributed by atoms with E-state index in [2.05, 4.69) is 24.1 Å². The first-order valence-corrected chi connectivity index (χ1v) is 7.83. The molecule has 0 amide bonds. The van der Waals surface area contributed by atoms with E-state index in [4.69, 9.17) is 4.74 Å². The average Bonchev–Trinajstić information content (AvgIpc) is 2.36. The smallest absolute Gasteiger partial charge is 0.324 e. The average molecular weight is 270 g/mol. The fourth-order valence-electron chi connectivity index (χ4n) is 2.42. The minimum Gasteiger partial charge on any atom is -0.465 e. The van der Waals surface area contributed by atoms with Gasteiger partial charge in [-0.25, -0.2) is 0 Å². The summed E-state index contributed by atoms with van der Waals surface area (Å²) in [7, 11) is 0. The highest BCUT2D eigenvalue weighted by molar-refractivity contribution is 5.76. The molecule has 1 rings (SSSR count). The normalized spacial score (nSPS) is 17.3. The van der Waals surface area contributed by atoms with Crippen LogP contribution in [0, 0.1) is 5.92 Å². The summed E-state index contributed by atoms with van der Waals surface area (Å²) < 4.78 is 5.16. The first-order chi connectivity index (χ1) is 9.21. The second kappa shape index (κ2) is 9.32. The number of nitrogens with zero attached hydrogens (tertiary/aromatic N) is 1. The summed E-state index contributed by atoms with van der Waals surface area (Å²) in [4.78, 5) is 14.3. The lowest BCUT2D eigenvalue weighted by Gasteiger charge is -2.33. The van der Waals surface area contributed by atoms with Gasteiger partial charge in [0.2, 0.25) is 0 Å². The summed E-state index contributed by atoms with van der Waals surface area (Å²) in [6.07, 6.45) is 5.11. The molecule has 19 heavy (non-hydrogen) atoms. The Bertz CT molecular complexity index is 255. The van der Waals surface area contributed by atoms with E-state index < -0.39 is 0 Å². The van der Waals surface area contributed by atoms with Gasteiger partial charge in [0, 0.05) is 13.1 Å². The molecule has 0 saturated heterocycles. The topological polar surface area (TPSA) is 41.6 Å². The van der Waals surface area contributed by atoms with Crippen molar-refractivity contribution in [1.82, 2.24) is 10.2 Å². The minimum absolute atomic E-state index is 0.108.